The van der Waals surface area contributed by atoms with Crippen molar-refractivity contribution in [2.45, 2.75) is 6.92 Å². The van der Waals surface area contributed by atoms with Gasteiger partial charge in [0.1, 0.15) is 0 Å². The van der Waals surface area contributed by atoms with Crippen LogP contribution in [0, 0.1) is 6.92 Å². The average molecular weight is 320 g/mol. The number of carbonyl (C=O) groups excluding carboxylic acids is 1. The maximum absolute atomic E-state index is 12.3. The zero-order valence-electron chi connectivity index (χ0n) is 10.7. The van der Waals surface area contributed by atoms with Gasteiger partial charge in [-0.2, -0.15) is 0 Å². The molecule has 1 heterocycles. The number of benzene rings is 1. The summed E-state index contributed by atoms with van der Waals surface area (Å²) in [5.74, 6) is -0.182. The maximum Gasteiger partial charge on any atom is 0.259 e. The maximum atomic E-state index is 12.3. The van der Waals surface area contributed by atoms with Gasteiger partial charge >= 0.3 is 0 Å². The Labute approximate surface area is 120 Å². The Morgan fingerprint density at radius 2 is 2.05 bits per heavy atom. The lowest BCUT2D eigenvalue weighted by Crippen LogP contribution is -2.15. The number of nitrogens with one attached hydrogen (secondary N) is 2. The van der Waals surface area contributed by atoms with Crippen LogP contribution in [0.3, 0.4) is 0 Å². The fourth-order valence-electron chi connectivity index (χ4n) is 1.71. The molecule has 5 heteroatoms. The van der Waals surface area contributed by atoms with Crippen molar-refractivity contribution in [3.05, 3.63) is 52.3 Å². The molecule has 98 valence electrons. The molecule has 0 bridgehead atoms. The highest BCUT2D eigenvalue weighted by Crippen LogP contribution is 2.22. The van der Waals surface area contributed by atoms with E-state index in [0.29, 0.717) is 5.56 Å². The van der Waals surface area contributed by atoms with E-state index in [1.54, 1.807) is 25.5 Å². The number of hydrogen-bond donors (Lipinski definition) is 2. The van der Waals surface area contributed by atoms with Gasteiger partial charge in [0.05, 0.1) is 5.56 Å². The van der Waals surface area contributed by atoms with E-state index in [0.717, 1.165) is 21.4 Å². The summed E-state index contributed by atoms with van der Waals surface area (Å²) in [6.07, 6.45) is 3.20. The summed E-state index contributed by atoms with van der Waals surface area (Å²) in [6.45, 7) is 1.95. The van der Waals surface area contributed by atoms with Gasteiger partial charge in [0, 0.05) is 35.3 Å². The molecule has 0 spiro atoms. The molecule has 1 amide bonds. The largest absolute Gasteiger partial charge is 0.387 e. The molecule has 2 N–H and O–H groups in total. The Kier molecular flexibility index (Phi) is 4.16. The third-order valence-corrected chi connectivity index (χ3v) is 3.28. The van der Waals surface area contributed by atoms with Crippen molar-refractivity contribution in [1.29, 1.82) is 0 Å². The summed E-state index contributed by atoms with van der Waals surface area (Å²) in [7, 11) is 1.77. The molecular formula is C14H14BrN3O. The molecule has 0 aliphatic rings. The summed E-state index contributed by atoms with van der Waals surface area (Å²) < 4.78 is 0.924. The molecule has 19 heavy (non-hydrogen) atoms. The number of aryl methyl sites for hydroxylation is 1. The SMILES string of the molecule is CNc1ccncc1C(=O)Nc1cc(Br)ccc1C. The van der Waals surface area contributed by atoms with Crippen LogP contribution in [0.1, 0.15) is 15.9 Å². The van der Waals surface area contributed by atoms with Crippen LogP contribution in [0.15, 0.2) is 41.1 Å². The van der Waals surface area contributed by atoms with Crippen molar-refractivity contribution < 1.29 is 4.79 Å². The van der Waals surface area contributed by atoms with Gasteiger partial charge in [-0.25, -0.2) is 0 Å². The van der Waals surface area contributed by atoms with Crippen molar-refractivity contribution in [3.8, 4) is 0 Å². The van der Waals surface area contributed by atoms with Gasteiger partial charge < -0.3 is 10.6 Å². The first-order valence-electron chi connectivity index (χ1n) is 5.81. The third kappa shape index (κ3) is 3.12. The number of amides is 1. The van der Waals surface area contributed by atoms with Crippen LogP contribution < -0.4 is 10.6 Å². The molecule has 4 nitrogen and oxygen atoms in total. The molecule has 0 aliphatic carbocycles. The predicted molar refractivity (Wildman–Crippen MR) is 80.6 cm³/mol. The average Bonchev–Trinajstić information content (AvgIpc) is 2.42. The summed E-state index contributed by atoms with van der Waals surface area (Å²) in [6, 6.07) is 7.53. The van der Waals surface area contributed by atoms with Crippen molar-refractivity contribution in [1.82, 2.24) is 4.98 Å². The molecule has 0 radical (unpaired) electrons. The van der Waals surface area contributed by atoms with Crippen molar-refractivity contribution in [2.24, 2.45) is 0 Å². The van der Waals surface area contributed by atoms with Gasteiger partial charge in [-0.1, -0.05) is 22.0 Å². The van der Waals surface area contributed by atoms with E-state index < -0.39 is 0 Å². The minimum absolute atomic E-state index is 0.182. The minimum atomic E-state index is -0.182. The van der Waals surface area contributed by atoms with Crippen LogP contribution >= 0.6 is 15.9 Å². The smallest absolute Gasteiger partial charge is 0.259 e. The number of carbonyl (C=O) groups is 1. The van der Waals surface area contributed by atoms with Gasteiger partial charge in [-0.05, 0) is 30.7 Å². The lowest BCUT2D eigenvalue weighted by atomic mass is 10.1. The lowest BCUT2D eigenvalue weighted by molar-refractivity contribution is 0.102. The molecule has 0 fully saturated rings. The van der Waals surface area contributed by atoms with Gasteiger partial charge in [-0.15, -0.1) is 0 Å². The monoisotopic (exact) mass is 319 g/mol. The number of rotatable bonds is 3. The first-order valence-corrected chi connectivity index (χ1v) is 6.60. The van der Waals surface area contributed by atoms with E-state index in [9.17, 15) is 4.79 Å². The molecule has 0 saturated heterocycles. The Bertz CT molecular complexity index is 613. The van der Waals surface area contributed by atoms with E-state index in [2.05, 4.69) is 31.5 Å². The van der Waals surface area contributed by atoms with Crippen LogP contribution in [0.2, 0.25) is 0 Å². The summed E-state index contributed by atoms with van der Waals surface area (Å²) >= 11 is 3.39. The second-order valence-corrected chi connectivity index (χ2v) is 5.00. The summed E-state index contributed by atoms with van der Waals surface area (Å²) in [4.78, 5) is 16.2. The molecule has 0 unspecified atom stereocenters. The van der Waals surface area contributed by atoms with Gasteiger partial charge in [0.15, 0.2) is 0 Å². The van der Waals surface area contributed by atoms with E-state index in [1.165, 1.54) is 0 Å². The van der Waals surface area contributed by atoms with Crippen molar-refractivity contribution >= 4 is 33.2 Å². The second kappa shape index (κ2) is 5.84. The van der Waals surface area contributed by atoms with Gasteiger partial charge in [0.25, 0.3) is 5.91 Å². The van der Waals surface area contributed by atoms with Crippen LogP contribution in [0.25, 0.3) is 0 Å². The number of hydrogen-bond acceptors (Lipinski definition) is 3. The first-order chi connectivity index (χ1) is 9.11. The predicted octanol–water partition coefficient (Wildman–Crippen LogP) is 3.45. The molecule has 0 atom stereocenters. The van der Waals surface area contributed by atoms with E-state index in [-0.39, 0.29) is 5.91 Å². The van der Waals surface area contributed by atoms with Crippen molar-refractivity contribution in [2.75, 3.05) is 17.7 Å². The second-order valence-electron chi connectivity index (χ2n) is 4.08. The minimum Gasteiger partial charge on any atom is -0.387 e. The highest BCUT2D eigenvalue weighted by atomic mass is 79.9. The zero-order valence-corrected chi connectivity index (χ0v) is 12.3. The molecule has 2 rings (SSSR count). The highest BCUT2D eigenvalue weighted by molar-refractivity contribution is 9.10. The topological polar surface area (TPSA) is 54.0 Å². The molecular weight excluding hydrogens is 306 g/mol. The van der Waals surface area contributed by atoms with Gasteiger partial charge in [0.2, 0.25) is 0 Å². The van der Waals surface area contributed by atoms with Crippen LogP contribution in [-0.4, -0.2) is 17.9 Å². The van der Waals surface area contributed by atoms with E-state index in [4.69, 9.17) is 0 Å². The number of pyridine rings is 1. The third-order valence-electron chi connectivity index (χ3n) is 2.78. The van der Waals surface area contributed by atoms with E-state index in [1.807, 2.05) is 25.1 Å². The van der Waals surface area contributed by atoms with Gasteiger partial charge in [-0.3, -0.25) is 9.78 Å². The Balaban J connectivity index is 2.28. The quantitative estimate of drug-likeness (QED) is 0.911. The molecule has 0 saturated carbocycles. The fourth-order valence-corrected chi connectivity index (χ4v) is 2.07. The number of nitrogens with zero attached hydrogens (tertiary/aromatic N) is 1. The normalized spacial score (nSPS) is 10.1. The van der Waals surface area contributed by atoms with Crippen molar-refractivity contribution in [3.63, 3.8) is 0 Å². The Morgan fingerprint density at radius 1 is 1.26 bits per heavy atom. The van der Waals surface area contributed by atoms with Crippen LogP contribution in [0.4, 0.5) is 11.4 Å². The molecule has 1 aromatic carbocycles. The Morgan fingerprint density at radius 3 is 2.79 bits per heavy atom. The molecule has 0 aliphatic heterocycles. The molecule has 1 aromatic heterocycles. The Hall–Kier alpha value is -1.88. The zero-order chi connectivity index (χ0) is 13.8. The van der Waals surface area contributed by atoms with Crippen LogP contribution in [0.5, 0.6) is 0 Å². The standard InChI is InChI=1S/C14H14BrN3O/c1-9-3-4-10(15)7-13(9)18-14(19)11-8-17-6-5-12(11)16-2/h3-8H,1-2H3,(H,16,17)(H,18,19). The summed E-state index contributed by atoms with van der Waals surface area (Å²) in [5.41, 5.74) is 3.06. The van der Waals surface area contributed by atoms with Crippen LogP contribution in [-0.2, 0) is 0 Å². The fraction of sp³-hybridized carbons (Fsp3) is 0.143. The van der Waals surface area contributed by atoms with E-state index >= 15 is 0 Å². The number of aromatic nitrogens is 1. The number of anilines is 2. The lowest BCUT2D eigenvalue weighted by Gasteiger charge is -2.11. The summed E-state index contributed by atoms with van der Waals surface area (Å²) in [5, 5.41) is 5.87. The molecule has 2 aromatic rings. The first kappa shape index (κ1) is 13.5. The number of halogens is 1. The highest BCUT2D eigenvalue weighted by Gasteiger charge is 2.12.